The molecule has 0 bridgehead atoms. The van der Waals surface area contributed by atoms with Gasteiger partial charge in [-0.1, -0.05) is 26.0 Å². The molecule has 32 heavy (non-hydrogen) atoms. The van der Waals surface area contributed by atoms with E-state index in [0.29, 0.717) is 25.9 Å². The van der Waals surface area contributed by atoms with Crippen molar-refractivity contribution >= 4 is 5.97 Å². The Morgan fingerprint density at radius 3 is 2.06 bits per heavy atom. The Kier molecular flexibility index (Phi) is 11.0. The van der Waals surface area contributed by atoms with Gasteiger partial charge in [0.15, 0.2) is 5.79 Å². The topological polar surface area (TPSA) is 57.2 Å². The normalized spacial score (nSPS) is 23.3. The summed E-state index contributed by atoms with van der Waals surface area (Å²) in [6.45, 7) is 13.3. The average molecular weight is 450 g/mol. The lowest BCUT2D eigenvalue weighted by Gasteiger charge is -2.42. The first-order chi connectivity index (χ1) is 15.6. The molecule has 3 rings (SSSR count). The molecule has 0 N–H and O–H groups in total. The molecule has 6 heteroatoms. The van der Waals surface area contributed by atoms with E-state index in [-0.39, 0.29) is 17.8 Å². The van der Waals surface area contributed by atoms with Crippen LogP contribution in [0.2, 0.25) is 0 Å². The lowest BCUT2D eigenvalue weighted by Crippen LogP contribution is -2.46. The molecule has 2 fully saturated rings. The summed E-state index contributed by atoms with van der Waals surface area (Å²) in [4.78, 5) is 15.2. The van der Waals surface area contributed by atoms with Gasteiger partial charge in [-0.2, -0.15) is 0 Å². The van der Waals surface area contributed by atoms with Crippen LogP contribution in [0.4, 0.5) is 0 Å². The van der Waals surface area contributed by atoms with E-state index in [1.165, 1.54) is 5.56 Å². The number of nitrogens with zero attached hydrogens (tertiary/aromatic N) is 1. The van der Waals surface area contributed by atoms with Gasteiger partial charge in [0, 0.05) is 51.1 Å². The number of esters is 1. The lowest BCUT2D eigenvalue weighted by molar-refractivity contribution is -0.252. The van der Waals surface area contributed by atoms with Crippen molar-refractivity contribution in [3.63, 3.8) is 0 Å². The minimum Gasteiger partial charge on any atom is -0.497 e. The number of hydrogen-bond acceptors (Lipinski definition) is 6. The van der Waals surface area contributed by atoms with Crippen LogP contribution >= 0.6 is 0 Å². The second-order valence-corrected chi connectivity index (χ2v) is 8.20. The molecule has 1 saturated carbocycles. The monoisotopic (exact) mass is 449 g/mol. The number of ether oxygens (including phenoxy) is 4. The predicted octanol–water partition coefficient (Wildman–Crippen LogP) is 5.01. The van der Waals surface area contributed by atoms with E-state index in [4.69, 9.17) is 18.9 Å². The number of carbonyl (C=O) groups is 1. The highest BCUT2D eigenvalue weighted by Gasteiger charge is 2.45. The SMILES string of the molecule is CC.CCOC(=O)C1CN(C2CCC(OCC)(OCC)CC2)C[C@H]1c1ccc(OC)cc1. The third-order valence-electron chi connectivity index (χ3n) is 6.53. The molecule has 1 aromatic rings. The summed E-state index contributed by atoms with van der Waals surface area (Å²) >= 11 is 0. The Morgan fingerprint density at radius 2 is 1.56 bits per heavy atom. The van der Waals surface area contributed by atoms with Crippen molar-refractivity contribution in [2.75, 3.05) is 40.0 Å². The molecule has 6 nitrogen and oxygen atoms in total. The third kappa shape index (κ3) is 6.46. The van der Waals surface area contributed by atoms with Crippen LogP contribution in [0.3, 0.4) is 0 Å². The van der Waals surface area contributed by atoms with Gasteiger partial charge in [-0.3, -0.25) is 9.69 Å². The van der Waals surface area contributed by atoms with E-state index in [2.05, 4.69) is 17.0 Å². The smallest absolute Gasteiger partial charge is 0.310 e. The Morgan fingerprint density at radius 1 is 0.969 bits per heavy atom. The molecule has 1 aliphatic heterocycles. The number of benzene rings is 1. The van der Waals surface area contributed by atoms with Crippen LogP contribution in [0.5, 0.6) is 5.75 Å². The molecule has 2 atom stereocenters. The van der Waals surface area contributed by atoms with Gasteiger partial charge in [0.1, 0.15) is 5.75 Å². The minimum atomic E-state index is -0.435. The van der Waals surface area contributed by atoms with Crippen molar-refractivity contribution in [3.8, 4) is 5.75 Å². The summed E-state index contributed by atoms with van der Waals surface area (Å²) in [5, 5.41) is 0. The molecule has 1 aromatic carbocycles. The van der Waals surface area contributed by atoms with Crippen molar-refractivity contribution in [2.45, 2.75) is 78.0 Å². The van der Waals surface area contributed by atoms with Crippen LogP contribution in [-0.2, 0) is 19.0 Å². The fourth-order valence-corrected chi connectivity index (χ4v) is 5.07. The molecule has 0 aromatic heterocycles. The Hall–Kier alpha value is -1.63. The predicted molar refractivity (Wildman–Crippen MR) is 127 cm³/mol. The van der Waals surface area contributed by atoms with Crippen molar-refractivity contribution in [1.82, 2.24) is 4.90 Å². The second kappa shape index (κ2) is 13.2. The van der Waals surface area contributed by atoms with Crippen molar-refractivity contribution in [3.05, 3.63) is 29.8 Å². The Labute approximate surface area is 194 Å². The summed E-state index contributed by atoms with van der Waals surface area (Å²) in [5.74, 6) is 0.311. The van der Waals surface area contributed by atoms with E-state index in [9.17, 15) is 4.79 Å². The molecule has 1 aliphatic carbocycles. The molecule has 0 spiro atoms. The first-order valence-corrected chi connectivity index (χ1v) is 12.4. The Balaban J connectivity index is 0.00000176. The molecule has 0 radical (unpaired) electrons. The van der Waals surface area contributed by atoms with E-state index in [1.807, 2.05) is 46.8 Å². The van der Waals surface area contributed by atoms with Crippen molar-refractivity contribution in [2.24, 2.45) is 5.92 Å². The zero-order valence-electron chi connectivity index (χ0n) is 20.9. The van der Waals surface area contributed by atoms with Crippen molar-refractivity contribution in [1.29, 1.82) is 0 Å². The van der Waals surface area contributed by atoms with Crippen molar-refractivity contribution < 1.29 is 23.7 Å². The standard InChI is InChI=1S/C24H37NO5.C2H6/c1-5-28-23(26)22-17-25(16-21(22)18-8-10-20(27-4)11-9-18)19-12-14-24(15-13-19,29-6-2)30-7-3;1-2/h8-11,19,21-22H,5-7,12-17H2,1-4H3;1-2H3/t21-,22?;/m0./s1. The molecular weight excluding hydrogens is 406 g/mol. The molecular formula is C26H43NO5. The summed E-state index contributed by atoms with van der Waals surface area (Å²) in [6, 6.07) is 8.54. The Bertz CT molecular complexity index is 661. The lowest BCUT2D eigenvalue weighted by atomic mass is 9.88. The zero-order chi connectivity index (χ0) is 23.6. The van der Waals surface area contributed by atoms with Gasteiger partial charge in [-0.25, -0.2) is 0 Å². The molecule has 2 aliphatic rings. The summed E-state index contributed by atoms with van der Waals surface area (Å²) in [5.41, 5.74) is 1.17. The van der Waals surface area contributed by atoms with Gasteiger partial charge < -0.3 is 18.9 Å². The van der Waals surface area contributed by atoms with E-state index >= 15 is 0 Å². The average Bonchev–Trinajstić information content (AvgIpc) is 3.27. The van der Waals surface area contributed by atoms with Gasteiger partial charge in [-0.05, 0) is 51.3 Å². The summed E-state index contributed by atoms with van der Waals surface area (Å²) < 4.78 is 22.7. The highest BCUT2D eigenvalue weighted by Crippen LogP contribution is 2.40. The number of rotatable bonds is 9. The zero-order valence-corrected chi connectivity index (χ0v) is 20.9. The fourth-order valence-electron chi connectivity index (χ4n) is 5.07. The van der Waals surface area contributed by atoms with Gasteiger partial charge in [-0.15, -0.1) is 0 Å². The minimum absolute atomic E-state index is 0.0883. The molecule has 0 amide bonds. The van der Waals surface area contributed by atoms with E-state index < -0.39 is 5.79 Å². The molecule has 182 valence electrons. The van der Waals surface area contributed by atoms with Gasteiger partial charge >= 0.3 is 5.97 Å². The fraction of sp³-hybridized carbons (Fsp3) is 0.731. The number of likely N-dealkylation sites (tertiary alicyclic amines) is 1. The van der Waals surface area contributed by atoms with Gasteiger partial charge in [0.05, 0.1) is 19.6 Å². The van der Waals surface area contributed by atoms with Crippen LogP contribution in [0.15, 0.2) is 24.3 Å². The van der Waals surface area contributed by atoms with Gasteiger partial charge in [0.2, 0.25) is 0 Å². The third-order valence-corrected chi connectivity index (χ3v) is 6.53. The maximum Gasteiger partial charge on any atom is 0.310 e. The van der Waals surface area contributed by atoms with Crippen LogP contribution in [0.25, 0.3) is 0 Å². The maximum atomic E-state index is 12.7. The first-order valence-electron chi connectivity index (χ1n) is 12.4. The number of hydrogen-bond donors (Lipinski definition) is 0. The van der Waals surface area contributed by atoms with Crippen LogP contribution < -0.4 is 4.74 Å². The van der Waals surface area contributed by atoms with Crippen LogP contribution in [-0.4, -0.2) is 62.7 Å². The summed E-state index contributed by atoms with van der Waals surface area (Å²) in [6.07, 6.45) is 3.83. The second-order valence-electron chi connectivity index (χ2n) is 8.20. The highest BCUT2D eigenvalue weighted by atomic mass is 16.7. The van der Waals surface area contributed by atoms with Gasteiger partial charge in [0.25, 0.3) is 0 Å². The quantitative estimate of drug-likeness (QED) is 0.390. The number of methoxy groups -OCH3 is 1. The number of carbonyl (C=O) groups excluding carboxylic acids is 1. The van der Waals surface area contributed by atoms with Crippen LogP contribution in [0.1, 0.15) is 71.8 Å². The first kappa shape index (κ1) is 26.6. The van der Waals surface area contributed by atoms with E-state index in [1.54, 1.807) is 7.11 Å². The molecule has 1 heterocycles. The molecule has 1 unspecified atom stereocenters. The summed E-state index contributed by atoms with van der Waals surface area (Å²) in [7, 11) is 1.67. The van der Waals surface area contributed by atoms with Crippen LogP contribution in [0, 0.1) is 5.92 Å². The highest BCUT2D eigenvalue weighted by molar-refractivity contribution is 5.74. The largest absolute Gasteiger partial charge is 0.497 e. The maximum absolute atomic E-state index is 12.7. The van der Waals surface area contributed by atoms with E-state index in [0.717, 1.165) is 44.5 Å². The molecule has 1 saturated heterocycles.